The van der Waals surface area contributed by atoms with Gasteiger partial charge in [-0.3, -0.25) is 9.79 Å². The average molecular weight is 317 g/mol. The second kappa shape index (κ2) is 8.53. The fourth-order valence-electron chi connectivity index (χ4n) is 1.56. The molecule has 0 unspecified atom stereocenters. The second-order valence-electron chi connectivity index (χ2n) is 4.47. The van der Waals surface area contributed by atoms with Crippen LogP contribution in [-0.4, -0.2) is 55.7 Å². The highest BCUT2D eigenvalue weighted by atomic mass is 32.1. The standard InChI is InChI=1S/C12H20FN5O2S/c1-12(11(19)15-2,18-10-6-21-8-17-10)7-20-4-3-16-9(14)5-13/h6,8,18H,3-5,7H2,1-2H3,(H2,14,16)(H,15,19)/t12-/m0/s1. The Hall–Kier alpha value is -1.74. The van der Waals surface area contributed by atoms with Crippen LogP contribution in [0.4, 0.5) is 10.2 Å². The smallest absolute Gasteiger partial charge is 0.247 e. The van der Waals surface area contributed by atoms with Crippen molar-refractivity contribution in [2.45, 2.75) is 12.5 Å². The molecule has 0 saturated heterocycles. The van der Waals surface area contributed by atoms with Gasteiger partial charge in [0.2, 0.25) is 5.91 Å². The van der Waals surface area contributed by atoms with E-state index in [-0.39, 0.29) is 31.5 Å². The van der Waals surface area contributed by atoms with Crippen LogP contribution in [0.15, 0.2) is 15.9 Å². The molecular formula is C12H20FN5O2S. The van der Waals surface area contributed by atoms with Gasteiger partial charge in [-0.05, 0) is 6.92 Å². The first-order chi connectivity index (χ1) is 10.0. The number of hydrogen-bond acceptors (Lipinski definition) is 6. The fraction of sp³-hybridized carbons (Fsp3) is 0.583. The van der Waals surface area contributed by atoms with E-state index in [9.17, 15) is 9.18 Å². The lowest BCUT2D eigenvalue weighted by Gasteiger charge is -2.28. The maximum Gasteiger partial charge on any atom is 0.247 e. The molecule has 0 bridgehead atoms. The number of nitrogens with two attached hydrogens (primary N) is 1. The molecule has 21 heavy (non-hydrogen) atoms. The molecular weight excluding hydrogens is 297 g/mol. The average Bonchev–Trinajstić information content (AvgIpc) is 2.98. The second-order valence-corrected chi connectivity index (χ2v) is 5.19. The SMILES string of the molecule is CNC(=O)[C@](C)(COCCN=C(N)CF)Nc1cscn1. The Morgan fingerprint density at radius 3 is 3.00 bits per heavy atom. The van der Waals surface area contributed by atoms with Crippen molar-refractivity contribution in [3.63, 3.8) is 0 Å². The Morgan fingerprint density at radius 2 is 2.43 bits per heavy atom. The van der Waals surface area contributed by atoms with Crippen LogP contribution >= 0.6 is 11.3 Å². The first-order valence-corrected chi connectivity index (χ1v) is 7.27. The van der Waals surface area contributed by atoms with Gasteiger partial charge < -0.3 is 21.1 Å². The lowest BCUT2D eigenvalue weighted by atomic mass is 10.0. The molecule has 0 fully saturated rings. The molecule has 9 heteroatoms. The highest BCUT2D eigenvalue weighted by Crippen LogP contribution is 2.16. The number of rotatable bonds is 9. The van der Waals surface area contributed by atoms with Crippen molar-refractivity contribution in [1.82, 2.24) is 10.3 Å². The van der Waals surface area contributed by atoms with Crippen LogP contribution in [0.25, 0.3) is 0 Å². The van der Waals surface area contributed by atoms with E-state index in [1.807, 2.05) is 0 Å². The Morgan fingerprint density at radius 1 is 1.67 bits per heavy atom. The van der Waals surface area contributed by atoms with E-state index < -0.39 is 12.2 Å². The largest absolute Gasteiger partial charge is 0.385 e. The van der Waals surface area contributed by atoms with Crippen molar-refractivity contribution in [2.75, 3.05) is 38.8 Å². The number of ether oxygens (including phenoxy) is 1. The summed E-state index contributed by atoms with van der Waals surface area (Å²) in [6.45, 7) is 1.54. The number of carbonyl (C=O) groups is 1. The van der Waals surface area contributed by atoms with E-state index in [1.54, 1.807) is 24.9 Å². The van der Waals surface area contributed by atoms with E-state index in [2.05, 4.69) is 20.6 Å². The van der Waals surface area contributed by atoms with Crippen molar-refractivity contribution in [2.24, 2.45) is 10.7 Å². The molecule has 0 radical (unpaired) electrons. The van der Waals surface area contributed by atoms with Gasteiger partial charge in [0.1, 0.15) is 23.9 Å². The summed E-state index contributed by atoms with van der Waals surface area (Å²) in [7, 11) is 1.55. The quantitative estimate of drug-likeness (QED) is 0.348. The Balaban J connectivity index is 2.52. The van der Waals surface area contributed by atoms with Crippen LogP contribution in [0.2, 0.25) is 0 Å². The zero-order chi connectivity index (χ0) is 15.7. The van der Waals surface area contributed by atoms with Gasteiger partial charge in [0.25, 0.3) is 0 Å². The summed E-state index contributed by atoms with van der Waals surface area (Å²) >= 11 is 1.42. The van der Waals surface area contributed by atoms with E-state index in [4.69, 9.17) is 10.5 Å². The molecule has 118 valence electrons. The molecule has 0 aliphatic rings. The minimum atomic E-state index is -0.960. The number of nitrogens with one attached hydrogen (secondary N) is 2. The van der Waals surface area contributed by atoms with E-state index in [0.29, 0.717) is 5.82 Å². The number of thiazole rings is 1. The summed E-state index contributed by atoms with van der Waals surface area (Å²) < 4.78 is 17.5. The van der Waals surface area contributed by atoms with Gasteiger partial charge in [-0.15, -0.1) is 11.3 Å². The molecule has 1 aromatic heterocycles. The third-order valence-electron chi connectivity index (χ3n) is 2.64. The number of aliphatic imine (C=N–C) groups is 1. The number of hydrogen-bond donors (Lipinski definition) is 3. The van der Waals surface area contributed by atoms with Crippen molar-refractivity contribution in [3.8, 4) is 0 Å². The molecule has 0 aliphatic heterocycles. The van der Waals surface area contributed by atoms with Crippen molar-refractivity contribution < 1.29 is 13.9 Å². The minimum Gasteiger partial charge on any atom is -0.385 e. The summed E-state index contributed by atoms with van der Waals surface area (Å²) in [5.74, 6) is 0.324. The van der Waals surface area contributed by atoms with Crippen LogP contribution in [0.3, 0.4) is 0 Å². The lowest BCUT2D eigenvalue weighted by molar-refractivity contribution is -0.126. The Bertz CT molecular complexity index is 468. The topological polar surface area (TPSA) is 102 Å². The van der Waals surface area contributed by atoms with E-state index in [0.717, 1.165) is 0 Å². The molecule has 1 heterocycles. The van der Waals surface area contributed by atoms with Gasteiger partial charge in [-0.25, -0.2) is 9.37 Å². The number of amidine groups is 1. The van der Waals surface area contributed by atoms with E-state index >= 15 is 0 Å². The van der Waals surface area contributed by atoms with Crippen LogP contribution in [-0.2, 0) is 9.53 Å². The van der Waals surface area contributed by atoms with E-state index in [1.165, 1.54) is 11.3 Å². The van der Waals surface area contributed by atoms with Gasteiger partial charge in [0.15, 0.2) is 0 Å². The van der Waals surface area contributed by atoms with Crippen LogP contribution in [0, 0.1) is 0 Å². The third-order valence-corrected chi connectivity index (χ3v) is 3.23. The summed E-state index contributed by atoms with van der Waals surface area (Å²) in [5.41, 5.74) is 5.95. The molecule has 0 saturated carbocycles. The summed E-state index contributed by atoms with van der Waals surface area (Å²) in [5, 5.41) is 7.42. The predicted molar refractivity (Wildman–Crippen MR) is 81.5 cm³/mol. The highest BCUT2D eigenvalue weighted by Gasteiger charge is 2.33. The van der Waals surface area contributed by atoms with Gasteiger partial charge in [0, 0.05) is 12.4 Å². The minimum absolute atomic E-state index is 0.0618. The lowest BCUT2D eigenvalue weighted by Crippen LogP contribution is -2.52. The predicted octanol–water partition coefficient (Wildman–Crippen LogP) is 0.403. The molecule has 1 atom stereocenters. The zero-order valence-electron chi connectivity index (χ0n) is 12.1. The van der Waals surface area contributed by atoms with Crippen LogP contribution in [0.5, 0.6) is 0 Å². The molecule has 0 spiro atoms. The van der Waals surface area contributed by atoms with Gasteiger partial charge in [-0.2, -0.15) is 0 Å². The molecule has 7 nitrogen and oxygen atoms in total. The number of nitrogens with zero attached hydrogens (tertiary/aromatic N) is 2. The molecule has 0 aliphatic carbocycles. The zero-order valence-corrected chi connectivity index (χ0v) is 12.9. The first-order valence-electron chi connectivity index (χ1n) is 6.33. The van der Waals surface area contributed by atoms with Gasteiger partial charge in [0.05, 0.1) is 25.3 Å². The molecule has 1 rings (SSSR count). The van der Waals surface area contributed by atoms with Gasteiger partial charge >= 0.3 is 0 Å². The van der Waals surface area contributed by atoms with Crippen LogP contribution < -0.4 is 16.4 Å². The van der Waals surface area contributed by atoms with Crippen LogP contribution in [0.1, 0.15) is 6.92 Å². The fourth-order valence-corrected chi connectivity index (χ4v) is 2.05. The monoisotopic (exact) mass is 317 g/mol. The number of amides is 1. The van der Waals surface area contributed by atoms with Gasteiger partial charge in [-0.1, -0.05) is 0 Å². The molecule has 0 aromatic carbocycles. The normalized spacial score (nSPS) is 14.5. The number of aromatic nitrogens is 1. The Kier molecular flexibility index (Phi) is 7.03. The molecule has 1 aromatic rings. The summed E-state index contributed by atoms with van der Waals surface area (Å²) in [4.78, 5) is 19.9. The van der Waals surface area contributed by atoms with Crippen molar-refractivity contribution in [3.05, 3.63) is 10.9 Å². The molecule has 1 amide bonds. The van der Waals surface area contributed by atoms with Crippen molar-refractivity contribution in [1.29, 1.82) is 0 Å². The summed E-state index contributed by atoms with van der Waals surface area (Å²) in [6.07, 6.45) is 0. The number of alkyl halides is 1. The number of halogens is 1. The first kappa shape index (κ1) is 17.3. The summed E-state index contributed by atoms with van der Waals surface area (Å²) in [6, 6.07) is 0. The van der Waals surface area contributed by atoms with Crippen molar-refractivity contribution >= 4 is 28.9 Å². The maximum atomic E-state index is 12.1. The Labute approximate surface area is 126 Å². The molecule has 4 N–H and O–H groups in total. The number of likely N-dealkylation sites (N-methyl/N-ethyl adjacent to an activating group) is 1. The third kappa shape index (κ3) is 5.64. The highest BCUT2D eigenvalue weighted by molar-refractivity contribution is 7.07. The number of anilines is 1. The number of carbonyl (C=O) groups excluding carboxylic acids is 1. The maximum absolute atomic E-state index is 12.1.